The molecular weight excluding hydrogens is 356 g/mol. The van der Waals surface area contributed by atoms with E-state index in [2.05, 4.69) is 11.8 Å². The van der Waals surface area contributed by atoms with E-state index in [1.807, 2.05) is 6.07 Å². The lowest BCUT2D eigenvalue weighted by Crippen LogP contribution is -2.51. The highest BCUT2D eigenvalue weighted by molar-refractivity contribution is 7.12. The van der Waals surface area contributed by atoms with Crippen LogP contribution in [0.4, 0.5) is 8.78 Å². The Kier molecular flexibility index (Phi) is 5.65. The number of halogens is 2. The van der Waals surface area contributed by atoms with Crippen molar-refractivity contribution in [2.75, 3.05) is 32.9 Å². The minimum Gasteiger partial charge on any atom is -0.381 e. The van der Waals surface area contributed by atoms with E-state index in [1.54, 1.807) is 11.3 Å². The monoisotopic (exact) mass is 385 g/mol. The third-order valence-electron chi connectivity index (χ3n) is 6.18. The normalized spacial score (nSPS) is 32.9. The molecule has 1 aromatic heterocycles. The molecule has 3 nitrogen and oxygen atoms in total. The molecule has 2 saturated heterocycles. The quantitative estimate of drug-likeness (QED) is 0.774. The highest BCUT2D eigenvalue weighted by Gasteiger charge is 2.45. The van der Waals surface area contributed by atoms with Gasteiger partial charge in [0.15, 0.2) is 0 Å². The van der Waals surface area contributed by atoms with Crippen molar-refractivity contribution in [3.05, 3.63) is 21.4 Å². The Morgan fingerprint density at radius 1 is 1.38 bits per heavy atom. The van der Waals surface area contributed by atoms with Gasteiger partial charge in [0.25, 0.3) is 0 Å². The van der Waals surface area contributed by atoms with Crippen molar-refractivity contribution in [2.45, 2.75) is 63.5 Å². The average molecular weight is 386 g/mol. The molecule has 3 aliphatic rings. The number of fused-ring (bicyclic) bond motifs is 2. The summed E-state index contributed by atoms with van der Waals surface area (Å²) in [4.78, 5) is 4.62. The molecule has 0 aromatic carbocycles. The van der Waals surface area contributed by atoms with Gasteiger partial charge in [-0.2, -0.15) is 0 Å². The Morgan fingerprint density at radius 3 is 3.00 bits per heavy atom. The van der Waals surface area contributed by atoms with Crippen LogP contribution in [0.1, 0.15) is 47.9 Å². The van der Waals surface area contributed by atoms with E-state index < -0.39 is 6.43 Å². The van der Waals surface area contributed by atoms with Crippen molar-refractivity contribution in [1.29, 1.82) is 0 Å². The second kappa shape index (κ2) is 7.82. The van der Waals surface area contributed by atoms with Crippen molar-refractivity contribution in [1.82, 2.24) is 4.90 Å². The second-order valence-electron chi connectivity index (χ2n) is 8.14. The van der Waals surface area contributed by atoms with Gasteiger partial charge in [-0.1, -0.05) is 0 Å². The third-order valence-corrected chi connectivity index (χ3v) is 7.56. The van der Waals surface area contributed by atoms with E-state index in [-0.39, 0.29) is 12.0 Å². The van der Waals surface area contributed by atoms with Gasteiger partial charge in [-0.05, 0) is 56.6 Å². The molecule has 0 aliphatic carbocycles. The number of alkyl halides is 2. The summed E-state index contributed by atoms with van der Waals surface area (Å²) in [6.45, 7) is 6.91. The standard InChI is InChI=1S/C20H29F2NO2S/c1-14-11-20(5-6-23(14)12-15-3-2-7-24-13-15)19-16(4-8-25-20)9-17(26-19)10-18(21)22/h9,14-15,18H,2-8,10-13H2,1H3/t14-,15?,20+/m0/s1. The van der Waals surface area contributed by atoms with Crippen molar-refractivity contribution in [2.24, 2.45) is 5.92 Å². The van der Waals surface area contributed by atoms with Gasteiger partial charge in [0.05, 0.1) is 13.2 Å². The maximum Gasteiger partial charge on any atom is 0.243 e. The average Bonchev–Trinajstić information content (AvgIpc) is 3.02. The smallest absolute Gasteiger partial charge is 0.243 e. The van der Waals surface area contributed by atoms with Crippen LogP contribution in [0.5, 0.6) is 0 Å². The summed E-state index contributed by atoms with van der Waals surface area (Å²) in [5.41, 5.74) is 0.996. The summed E-state index contributed by atoms with van der Waals surface area (Å²) in [7, 11) is 0. The number of rotatable bonds is 4. The summed E-state index contributed by atoms with van der Waals surface area (Å²) in [6.07, 6.45) is 2.81. The molecule has 1 spiro atoms. The number of ether oxygens (including phenoxy) is 2. The minimum absolute atomic E-state index is 0.128. The van der Waals surface area contributed by atoms with Crippen LogP contribution in [0.15, 0.2) is 6.07 Å². The Balaban J connectivity index is 1.46. The molecule has 6 heteroatoms. The number of thiophene rings is 1. The Labute approximate surface area is 158 Å². The summed E-state index contributed by atoms with van der Waals surface area (Å²) in [5.74, 6) is 0.641. The van der Waals surface area contributed by atoms with Gasteiger partial charge in [0, 0.05) is 41.9 Å². The molecule has 1 unspecified atom stereocenters. The van der Waals surface area contributed by atoms with Crippen LogP contribution >= 0.6 is 11.3 Å². The van der Waals surface area contributed by atoms with Crippen molar-refractivity contribution >= 4 is 11.3 Å². The predicted octanol–water partition coefficient (Wildman–Crippen LogP) is 4.23. The fraction of sp³-hybridized carbons (Fsp3) is 0.800. The van der Waals surface area contributed by atoms with Crippen LogP contribution in [-0.4, -0.2) is 50.3 Å². The number of nitrogens with zero attached hydrogens (tertiary/aromatic N) is 1. The van der Waals surface area contributed by atoms with Crippen LogP contribution in [0.25, 0.3) is 0 Å². The molecule has 3 aliphatic heterocycles. The zero-order chi connectivity index (χ0) is 18.1. The zero-order valence-corrected chi connectivity index (χ0v) is 16.3. The lowest BCUT2D eigenvalue weighted by atomic mass is 9.81. The molecular formula is C20H29F2NO2S. The molecule has 0 bridgehead atoms. The number of hydrogen-bond donors (Lipinski definition) is 0. The van der Waals surface area contributed by atoms with E-state index >= 15 is 0 Å². The van der Waals surface area contributed by atoms with E-state index in [1.165, 1.54) is 23.3 Å². The van der Waals surface area contributed by atoms with Gasteiger partial charge in [-0.15, -0.1) is 11.3 Å². The highest BCUT2D eigenvalue weighted by Crippen LogP contribution is 2.47. The van der Waals surface area contributed by atoms with Gasteiger partial charge in [0.1, 0.15) is 5.60 Å². The van der Waals surface area contributed by atoms with Crippen LogP contribution in [-0.2, 0) is 27.9 Å². The van der Waals surface area contributed by atoms with Crippen LogP contribution < -0.4 is 0 Å². The fourth-order valence-corrected chi connectivity index (χ4v) is 6.27. The number of piperidine rings is 1. The van der Waals surface area contributed by atoms with E-state index in [9.17, 15) is 8.78 Å². The van der Waals surface area contributed by atoms with E-state index in [0.29, 0.717) is 18.6 Å². The van der Waals surface area contributed by atoms with Gasteiger partial charge in [-0.25, -0.2) is 8.78 Å². The van der Waals surface area contributed by atoms with Crippen LogP contribution in [0.2, 0.25) is 0 Å². The van der Waals surface area contributed by atoms with Crippen LogP contribution in [0.3, 0.4) is 0 Å². The zero-order valence-electron chi connectivity index (χ0n) is 15.5. The first-order chi connectivity index (χ1) is 12.6. The van der Waals surface area contributed by atoms with Gasteiger partial charge < -0.3 is 14.4 Å². The Bertz CT molecular complexity index is 617. The maximum absolute atomic E-state index is 12.8. The van der Waals surface area contributed by atoms with Crippen molar-refractivity contribution in [3.63, 3.8) is 0 Å². The highest BCUT2D eigenvalue weighted by atomic mass is 32.1. The number of likely N-dealkylation sites (tertiary alicyclic amines) is 1. The molecule has 3 atom stereocenters. The first kappa shape index (κ1) is 18.8. The topological polar surface area (TPSA) is 21.7 Å². The molecule has 0 radical (unpaired) electrons. The van der Waals surface area contributed by atoms with Crippen molar-refractivity contribution < 1.29 is 18.3 Å². The summed E-state index contributed by atoms with van der Waals surface area (Å²) in [6, 6.07) is 2.45. The Morgan fingerprint density at radius 2 is 2.27 bits per heavy atom. The number of hydrogen-bond acceptors (Lipinski definition) is 4. The first-order valence-corrected chi connectivity index (χ1v) is 10.7. The molecule has 146 valence electrons. The molecule has 0 saturated carbocycles. The minimum atomic E-state index is -2.27. The van der Waals surface area contributed by atoms with Crippen LogP contribution in [0, 0.1) is 5.92 Å². The molecule has 1 aromatic rings. The third kappa shape index (κ3) is 3.84. The largest absolute Gasteiger partial charge is 0.381 e. The molecule has 0 amide bonds. The summed E-state index contributed by atoms with van der Waals surface area (Å²) < 4.78 is 37.6. The second-order valence-corrected chi connectivity index (χ2v) is 9.27. The maximum atomic E-state index is 12.8. The van der Waals surface area contributed by atoms with Gasteiger partial charge in [-0.3, -0.25) is 0 Å². The molecule has 2 fully saturated rings. The lowest BCUT2D eigenvalue weighted by molar-refractivity contribution is -0.112. The fourth-order valence-electron chi connectivity index (χ4n) is 4.88. The first-order valence-electron chi connectivity index (χ1n) is 9.92. The van der Waals surface area contributed by atoms with E-state index in [0.717, 1.165) is 50.4 Å². The molecule has 4 rings (SSSR count). The summed E-state index contributed by atoms with van der Waals surface area (Å²) >= 11 is 1.56. The van der Waals surface area contributed by atoms with Gasteiger partial charge in [0.2, 0.25) is 6.43 Å². The molecule has 26 heavy (non-hydrogen) atoms. The molecule has 0 N–H and O–H groups in total. The van der Waals surface area contributed by atoms with Crippen molar-refractivity contribution in [3.8, 4) is 0 Å². The van der Waals surface area contributed by atoms with E-state index in [4.69, 9.17) is 9.47 Å². The SMILES string of the molecule is C[C@H]1C[C@@]2(CCN1CC1CCCOC1)OCCc1cc(CC(F)F)sc12. The lowest BCUT2D eigenvalue weighted by Gasteiger charge is -2.48. The molecule has 4 heterocycles. The predicted molar refractivity (Wildman–Crippen MR) is 99.2 cm³/mol. The summed E-state index contributed by atoms with van der Waals surface area (Å²) in [5, 5.41) is 0. The Hall–Kier alpha value is -0.560. The van der Waals surface area contributed by atoms with Gasteiger partial charge >= 0.3 is 0 Å².